The van der Waals surface area contributed by atoms with Crippen molar-refractivity contribution in [3.8, 4) is 10.6 Å². The van der Waals surface area contributed by atoms with E-state index in [-0.39, 0.29) is 17.2 Å². The van der Waals surface area contributed by atoms with Crippen molar-refractivity contribution in [3.05, 3.63) is 75.5 Å². The van der Waals surface area contributed by atoms with Crippen LogP contribution >= 0.6 is 11.3 Å². The van der Waals surface area contributed by atoms with E-state index >= 15 is 0 Å². The lowest BCUT2D eigenvalue weighted by Gasteiger charge is -2.02. The molecule has 0 spiro atoms. The number of hydrogen-bond donors (Lipinski definition) is 1. The Balaban J connectivity index is 1.75. The minimum absolute atomic E-state index is 0.00965. The van der Waals surface area contributed by atoms with E-state index < -0.39 is 10.8 Å². The molecule has 3 aromatic rings. The van der Waals surface area contributed by atoms with Gasteiger partial charge in [0.15, 0.2) is 0 Å². The van der Waals surface area contributed by atoms with E-state index in [0.717, 1.165) is 0 Å². The number of amides is 1. The molecule has 1 amide bonds. The molecule has 1 aromatic heterocycles. The average Bonchev–Trinajstić information content (AvgIpc) is 3.07. The van der Waals surface area contributed by atoms with E-state index in [1.165, 1.54) is 47.7 Å². The Kier molecular flexibility index (Phi) is 4.30. The molecular weight excluding hydrogens is 333 g/mol. The molecule has 1 N–H and O–H groups in total. The molecule has 3 rings (SSSR count). The highest BCUT2D eigenvalue weighted by molar-refractivity contribution is 7.13. The first-order valence-corrected chi connectivity index (χ1v) is 7.68. The van der Waals surface area contributed by atoms with E-state index in [1.54, 1.807) is 17.5 Å². The van der Waals surface area contributed by atoms with Crippen molar-refractivity contribution in [3.63, 3.8) is 0 Å². The predicted molar refractivity (Wildman–Crippen MR) is 88.6 cm³/mol. The van der Waals surface area contributed by atoms with Crippen molar-refractivity contribution in [2.45, 2.75) is 0 Å². The SMILES string of the molecule is O=C(Nc1ccc(F)cc1)c1csc(-c2ccc([N+](=O)[O-])cc2)n1. The van der Waals surface area contributed by atoms with Crippen LogP contribution in [0.3, 0.4) is 0 Å². The van der Waals surface area contributed by atoms with E-state index in [0.29, 0.717) is 16.3 Å². The first-order chi connectivity index (χ1) is 11.5. The van der Waals surface area contributed by atoms with Gasteiger partial charge in [0.05, 0.1) is 4.92 Å². The second kappa shape index (κ2) is 6.55. The molecule has 2 aromatic carbocycles. The number of rotatable bonds is 4. The molecule has 0 unspecified atom stereocenters. The molecule has 0 aliphatic heterocycles. The van der Waals surface area contributed by atoms with Crippen LogP contribution in [0.15, 0.2) is 53.9 Å². The number of nitro benzene ring substituents is 1. The number of carbonyl (C=O) groups is 1. The van der Waals surface area contributed by atoms with Gasteiger partial charge < -0.3 is 5.32 Å². The fourth-order valence-corrected chi connectivity index (χ4v) is 2.77. The van der Waals surface area contributed by atoms with Crippen LogP contribution in [0.25, 0.3) is 10.6 Å². The number of halogens is 1. The van der Waals surface area contributed by atoms with Crippen LogP contribution in [0.5, 0.6) is 0 Å². The van der Waals surface area contributed by atoms with Crippen molar-refractivity contribution in [2.75, 3.05) is 5.32 Å². The van der Waals surface area contributed by atoms with Gasteiger partial charge in [-0.15, -0.1) is 11.3 Å². The number of benzene rings is 2. The molecule has 24 heavy (non-hydrogen) atoms. The molecule has 1 heterocycles. The average molecular weight is 343 g/mol. The molecule has 0 saturated heterocycles. The standard InChI is InChI=1S/C16H10FN3O3S/c17-11-3-5-12(6-4-11)18-15(21)14-9-24-16(19-14)10-1-7-13(8-2-10)20(22)23/h1-9H,(H,18,21). The molecule has 0 aliphatic carbocycles. The Hall–Kier alpha value is -3.13. The summed E-state index contributed by atoms with van der Waals surface area (Å²) in [6.45, 7) is 0. The number of carbonyl (C=O) groups excluding carboxylic acids is 1. The van der Waals surface area contributed by atoms with Gasteiger partial charge in [0.25, 0.3) is 11.6 Å². The highest BCUT2D eigenvalue weighted by Crippen LogP contribution is 2.26. The lowest BCUT2D eigenvalue weighted by molar-refractivity contribution is -0.384. The maximum atomic E-state index is 12.9. The van der Waals surface area contributed by atoms with Gasteiger partial charge >= 0.3 is 0 Å². The summed E-state index contributed by atoms with van der Waals surface area (Å²) in [5.74, 6) is -0.798. The number of nitrogens with one attached hydrogen (secondary N) is 1. The second-order valence-corrected chi connectivity index (χ2v) is 5.66. The topological polar surface area (TPSA) is 85.1 Å². The Morgan fingerprint density at radius 1 is 1.12 bits per heavy atom. The van der Waals surface area contributed by atoms with Crippen LogP contribution < -0.4 is 5.32 Å². The van der Waals surface area contributed by atoms with Crippen LogP contribution in [0.2, 0.25) is 0 Å². The minimum atomic E-state index is -0.479. The maximum Gasteiger partial charge on any atom is 0.275 e. The zero-order valence-electron chi connectivity index (χ0n) is 12.1. The van der Waals surface area contributed by atoms with Crippen LogP contribution in [0, 0.1) is 15.9 Å². The quantitative estimate of drug-likeness (QED) is 0.570. The molecule has 0 aliphatic rings. The van der Waals surface area contributed by atoms with Gasteiger partial charge in [0.2, 0.25) is 0 Å². The molecule has 120 valence electrons. The Bertz CT molecular complexity index is 892. The summed E-state index contributed by atoms with van der Waals surface area (Å²) in [7, 11) is 0. The summed E-state index contributed by atoms with van der Waals surface area (Å²) in [5.41, 5.74) is 1.36. The van der Waals surface area contributed by atoms with Gasteiger partial charge in [-0.05, 0) is 36.4 Å². The van der Waals surface area contributed by atoms with E-state index in [4.69, 9.17) is 0 Å². The Labute approximate surface area is 139 Å². The number of non-ortho nitro benzene ring substituents is 1. The molecule has 8 heteroatoms. The second-order valence-electron chi connectivity index (χ2n) is 4.80. The molecule has 0 atom stereocenters. The van der Waals surface area contributed by atoms with Gasteiger partial charge in [-0.2, -0.15) is 0 Å². The highest BCUT2D eigenvalue weighted by atomic mass is 32.1. The van der Waals surface area contributed by atoms with Gasteiger partial charge in [-0.25, -0.2) is 9.37 Å². The van der Waals surface area contributed by atoms with Crippen LogP contribution in [-0.2, 0) is 0 Å². The van der Waals surface area contributed by atoms with Crippen molar-refractivity contribution in [2.24, 2.45) is 0 Å². The van der Waals surface area contributed by atoms with Gasteiger partial charge in [-0.3, -0.25) is 14.9 Å². The maximum absolute atomic E-state index is 12.9. The monoisotopic (exact) mass is 343 g/mol. The van der Waals surface area contributed by atoms with Crippen molar-refractivity contribution in [1.29, 1.82) is 0 Å². The lowest BCUT2D eigenvalue weighted by Crippen LogP contribution is -2.12. The summed E-state index contributed by atoms with van der Waals surface area (Å²) >= 11 is 1.26. The Morgan fingerprint density at radius 2 is 1.79 bits per heavy atom. The molecule has 6 nitrogen and oxygen atoms in total. The number of hydrogen-bond acceptors (Lipinski definition) is 5. The number of thiazole rings is 1. The van der Waals surface area contributed by atoms with Gasteiger partial charge in [-0.1, -0.05) is 0 Å². The number of aromatic nitrogens is 1. The Morgan fingerprint density at radius 3 is 2.42 bits per heavy atom. The zero-order chi connectivity index (χ0) is 17.1. The van der Waals surface area contributed by atoms with Gasteiger partial charge in [0.1, 0.15) is 16.5 Å². The molecule has 0 radical (unpaired) electrons. The van der Waals surface area contributed by atoms with Crippen molar-refractivity contribution < 1.29 is 14.1 Å². The fourth-order valence-electron chi connectivity index (χ4n) is 1.96. The largest absolute Gasteiger partial charge is 0.321 e. The first-order valence-electron chi connectivity index (χ1n) is 6.80. The summed E-state index contributed by atoms with van der Waals surface area (Å²) < 4.78 is 12.9. The molecule has 0 fully saturated rings. The number of anilines is 1. The molecular formula is C16H10FN3O3S. The number of nitrogens with zero attached hydrogens (tertiary/aromatic N) is 2. The highest BCUT2D eigenvalue weighted by Gasteiger charge is 2.13. The first kappa shape index (κ1) is 15.8. The smallest absolute Gasteiger partial charge is 0.275 e. The van der Waals surface area contributed by atoms with Crippen LogP contribution in [0.4, 0.5) is 15.8 Å². The summed E-state index contributed by atoms with van der Waals surface area (Å²) in [6.07, 6.45) is 0. The van der Waals surface area contributed by atoms with Gasteiger partial charge in [0, 0.05) is 28.8 Å². The third kappa shape index (κ3) is 3.44. The van der Waals surface area contributed by atoms with Crippen molar-refractivity contribution in [1.82, 2.24) is 4.98 Å². The van der Waals surface area contributed by atoms with E-state index in [9.17, 15) is 19.3 Å². The summed E-state index contributed by atoms with van der Waals surface area (Å²) in [5, 5.41) is 15.4. The van der Waals surface area contributed by atoms with E-state index in [1.807, 2.05) is 0 Å². The fraction of sp³-hybridized carbons (Fsp3) is 0. The lowest BCUT2D eigenvalue weighted by atomic mass is 10.2. The van der Waals surface area contributed by atoms with Crippen LogP contribution in [0.1, 0.15) is 10.5 Å². The zero-order valence-corrected chi connectivity index (χ0v) is 12.9. The van der Waals surface area contributed by atoms with Crippen LogP contribution in [-0.4, -0.2) is 15.8 Å². The molecule has 0 saturated carbocycles. The number of nitro groups is 1. The third-order valence-electron chi connectivity index (χ3n) is 3.16. The third-order valence-corrected chi connectivity index (χ3v) is 4.06. The summed E-state index contributed by atoms with van der Waals surface area (Å²) in [4.78, 5) is 26.5. The normalized spacial score (nSPS) is 10.4. The van der Waals surface area contributed by atoms with E-state index in [2.05, 4.69) is 10.3 Å². The molecule has 0 bridgehead atoms. The van der Waals surface area contributed by atoms with Crippen molar-refractivity contribution >= 4 is 28.6 Å². The predicted octanol–water partition coefficient (Wildman–Crippen LogP) is 4.11. The summed E-state index contributed by atoms with van der Waals surface area (Å²) in [6, 6.07) is 11.3. The minimum Gasteiger partial charge on any atom is -0.321 e.